The summed E-state index contributed by atoms with van der Waals surface area (Å²) in [6.45, 7) is 6.42. The predicted octanol–water partition coefficient (Wildman–Crippen LogP) is 1.89. The second-order valence-corrected chi connectivity index (χ2v) is 6.85. The summed E-state index contributed by atoms with van der Waals surface area (Å²) in [5.74, 6) is -0.0511. The van der Waals surface area contributed by atoms with Gasteiger partial charge in [-0.1, -0.05) is 0 Å². The molecule has 0 bridgehead atoms. The molecular weight excluding hydrogens is 292 g/mol. The number of carbonyl (C=O) groups excluding carboxylic acids is 2. The molecule has 0 N–H and O–H groups in total. The van der Waals surface area contributed by atoms with Crippen molar-refractivity contribution in [2.24, 2.45) is 0 Å². The lowest BCUT2D eigenvalue weighted by molar-refractivity contribution is -0.129. The zero-order valence-electron chi connectivity index (χ0n) is 12.5. The van der Waals surface area contributed by atoms with E-state index in [1.54, 1.807) is 32.5 Å². The van der Waals surface area contributed by atoms with Crippen LogP contribution in [0.25, 0.3) is 0 Å². The van der Waals surface area contributed by atoms with Gasteiger partial charge < -0.3 is 9.47 Å². The molecule has 1 amide bonds. The number of rotatable bonds is 3. The lowest BCUT2D eigenvalue weighted by Gasteiger charge is -2.35. The Kier molecular flexibility index (Phi) is 4.95. The molecule has 1 aliphatic rings. The van der Waals surface area contributed by atoms with E-state index in [1.165, 1.54) is 16.2 Å². The molecule has 1 aliphatic heterocycles. The van der Waals surface area contributed by atoms with E-state index in [0.29, 0.717) is 13.2 Å². The molecule has 1 unspecified atom stereocenters. The molecule has 0 aromatic carbocycles. The number of nitrogens with zero attached hydrogens (tertiary/aromatic N) is 2. The first-order chi connectivity index (χ1) is 9.87. The lowest BCUT2D eigenvalue weighted by atomic mass is 10.1. The van der Waals surface area contributed by atoms with Crippen LogP contribution in [0, 0.1) is 0 Å². The summed E-state index contributed by atoms with van der Waals surface area (Å²) in [5.41, 5.74) is 1.10. The Balaban J connectivity index is 2.04. The Hall–Kier alpha value is -1.47. The molecule has 2 heterocycles. The van der Waals surface area contributed by atoms with E-state index < -0.39 is 17.7 Å². The maximum absolute atomic E-state index is 12.4. The monoisotopic (exact) mass is 312 g/mol. The van der Waals surface area contributed by atoms with Crippen LogP contribution in [0.2, 0.25) is 0 Å². The summed E-state index contributed by atoms with van der Waals surface area (Å²) >= 11 is 1.43. The van der Waals surface area contributed by atoms with E-state index in [-0.39, 0.29) is 18.8 Å². The van der Waals surface area contributed by atoms with Crippen molar-refractivity contribution in [1.82, 2.24) is 9.88 Å². The number of carbonyl (C=O) groups is 2. The average molecular weight is 312 g/mol. The lowest BCUT2D eigenvalue weighted by Crippen LogP contribution is -2.54. The Morgan fingerprint density at radius 3 is 2.90 bits per heavy atom. The van der Waals surface area contributed by atoms with Gasteiger partial charge in [-0.3, -0.25) is 14.7 Å². The second-order valence-electron chi connectivity index (χ2n) is 5.88. The van der Waals surface area contributed by atoms with Gasteiger partial charge >= 0.3 is 6.09 Å². The van der Waals surface area contributed by atoms with Crippen molar-refractivity contribution in [1.29, 1.82) is 0 Å². The molecule has 1 atom stereocenters. The molecule has 1 fully saturated rings. The second kappa shape index (κ2) is 6.53. The molecule has 0 aliphatic carbocycles. The van der Waals surface area contributed by atoms with Gasteiger partial charge in [0.2, 0.25) is 0 Å². The highest BCUT2D eigenvalue weighted by Crippen LogP contribution is 2.17. The largest absolute Gasteiger partial charge is 0.444 e. The minimum atomic E-state index is -0.587. The molecule has 0 saturated carbocycles. The van der Waals surface area contributed by atoms with E-state index in [1.807, 2.05) is 0 Å². The number of ketones is 1. The Bertz CT molecular complexity index is 496. The molecule has 7 heteroatoms. The van der Waals surface area contributed by atoms with Gasteiger partial charge in [-0.15, -0.1) is 11.3 Å². The van der Waals surface area contributed by atoms with Crippen molar-refractivity contribution < 1.29 is 19.1 Å². The highest BCUT2D eigenvalue weighted by molar-refractivity contribution is 7.09. The smallest absolute Gasteiger partial charge is 0.411 e. The van der Waals surface area contributed by atoms with Crippen LogP contribution in [0.4, 0.5) is 4.79 Å². The molecule has 1 aromatic rings. The minimum absolute atomic E-state index is 0.0511. The topological polar surface area (TPSA) is 68.7 Å². The van der Waals surface area contributed by atoms with Crippen LogP contribution in [0.5, 0.6) is 0 Å². The predicted molar refractivity (Wildman–Crippen MR) is 78.4 cm³/mol. The van der Waals surface area contributed by atoms with Crippen LogP contribution < -0.4 is 0 Å². The third kappa shape index (κ3) is 4.50. The van der Waals surface area contributed by atoms with E-state index in [2.05, 4.69) is 4.98 Å². The number of thiazole rings is 1. The number of hydrogen-bond acceptors (Lipinski definition) is 6. The molecule has 0 radical (unpaired) electrons. The van der Waals surface area contributed by atoms with E-state index in [4.69, 9.17) is 9.47 Å². The fourth-order valence-electron chi connectivity index (χ4n) is 2.03. The first-order valence-corrected chi connectivity index (χ1v) is 7.72. The van der Waals surface area contributed by atoms with Crippen molar-refractivity contribution in [2.45, 2.75) is 38.8 Å². The molecule has 6 nitrogen and oxygen atoms in total. The van der Waals surface area contributed by atoms with Gasteiger partial charge in [0.25, 0.3) is 0 Å². The summed E-state index contributed by atoms with van der Waals surface area (Å²) in [6, 6.07) is -0.587. The fourth-order valence-corrected chi connectivity index (χ4v) is 2.63. The quantitative estimate of drug-likeness (QED) is 0.852. The van der Waals surface area contributed by atoms with Crippen molar-refractivity contribution in [3.05, 3.63) is 16.6 Å². The number of morpholine rings is 1. The molecule has 2 rings (SSSR count). The van der Waals surface area contributed by atoms with Gasteiger partial charge in [-0.25, -0.2) is 4.79 Å². The number of Topliss-reactive ketones (excluding diaryl/α,β-unsaturated/α-hetero) is 1. The molecule has 0 spiro atoms. The van der Waals surface area contributed by atoms with Gasteiger partial charge in [0.15, 0.2) is 5.78 Å². The standard InChI is InChI=1S/C14H20N2O4S/c1-14(2,3)20-13(18)16-4-5-19-8-11(16)12(17)6-10-7-15-9-21-10/h7,9,11H,4-6,8H2,1-3H3. The van der Waals surface area contributed by atoms with Crippen LogP contribution in [0.15, 0.2) is 11.7 Å². The number of ether oxygens (including phenoxy) is 2. The SMILES string of the molecule is CC(C)(C)OC(=O)N1CCOCC1C(=O)Cc1cncs1. The van der Waals surface area contributed by atoms with E-state index in [9.17, 15) is 9.59 Å². The zero-order valence-corrected chi connectivity index (χ0v) is 13.3. The molecule has 1 saturated heterocycles. The van der Waals surface area contributed by atoms with Crippen molar-refractivity contribution >= 4 is 23.2 Å². The Morgan fingerprint density at radius 1 is 1.52 bits per heavy atom. The van der Waals surface area contributed by atoms with Crippen molar-refractivity contribution in [2.75, 3.05) is 19.8 Å². The van der Waals surface area contributed by atoms with Crippen LogP contribution in [0.3, 0.4) is 0 Å². The van der Waals surface area contributed by atoms with Crippen LogP contribution in [0.1, 0.15) is 25.6 Å². The summed E-state index contributed by atoms with van der Waals surface area (Å²) in [4.78, 5) is 30.9. The van der Waals surface area contributed by atoms with Gasteiger partial charge in [0.1, 0.15) is 11.6 Å². The van der Waals surface area contributed by atoms with Gasteiger partial charge in [-0.05, 0) is 20.8 Å². The normalized spacial score (nSPS) is 19.4. The minimum Gasteiger partial charge on any atom is -0.444 e. The summed E-state index contributed by atoms with van der Waals surface area (Å²) in [7, 11) is 0. The highest BCUT2D eigenvalue weighted by atomic mass is 32.1. The summed E-state index contributed by atoms with van der Waals surface area (Å²) < 4.78 is 10.7. The first-order valence-electron chi connectivity index (χ1n) is 6.84. The first kappa shape index (κ1) is 15.9. The zero-order chi connectivity index (χ0) is 15.5. The van der Waals surface area contributed by atoms with Crippen molar-refractivity contribution in [3.63, 3.8) is 0 Å². The maximum Gasteiger partial charge on any atom is 0.411 e. The van der Waals surface area contributed by atoms with E-state index >= 15 is 0 Å². The maximum atomic E-state index is 12.4. The molecule has 116 valence electrons. The van der Waals surface area contributed by atoms with Gasteiger partial charge in [0.05, 0.1) is 18.7 Å². The Labute approximate surface area is 128 Å². The summed E-state index contributed by atoms with van der Waals surface area (Å²) in [6.07, 6.45) is 1.47. The number of aromatic nitrogens is 1. The third-order valence-corrected chi connectivity index (χ3v) is 3.74. The number of hydrogen-bond donors (Lipinski definition) is 0. The Morgan fingerprint density at radius 2 is 2.29 bits per heavy atom. The third-order valence-electron chi connectivity index (χ3n) is 2.96. The van der Waals surface area contributed by atoms with Crippen molar-refractivity contribution in [3.8, 4) is 0 Å². The fraction of sp³-hybridized carbons (Fsp3) is 0.643. The number of amides is 1. The van der Waals surface area contributed by atoms with Crippen LogP contribution >= 0.6 is 11.3 Å². The van der Waals surface area contributed by atoms with E-state index in [0.717, 1.165) is 4.88 Å². The molecular formula is C14H20N2O4S. The molecule has 21 heavy (non-hydrogen) atoms. The van der Waals surface area contributed by atoms with Crippen LogP contribution in [-0.4, -0.2) is 53.2 Å². The van der Waals surface area contributed by atoms with Crippen LogP contribution in [-0.2, 0) is 20.7 Å². The summed E-state index contributed by atoms with van der Waals surface area (Å²) in [5, 5.41) is 0. The van der Waals surface area contributed by atoms with Gasteiger partial charge in [0, 0.05) is 24.0 Å². The average Bonchev–Trinajstić information content (AvgIpc) is 2.89. The highest BCUT2D eigenvalue weighted by Gasteiger charge is 2.35. The molecule has 1 aromatic heterocycles. The van der Waals surface area contributed by atoms with Gasteiger partial charge in [-0.2, -0.15) is 0 Å².